The summed E-state index contributed by atoms with van der Waals surface area (Å²) in [4.78, 5) is 2.32. The topological polar surface area (TPSA) is 24.5 Å². The molecular weight excluding hydrogens is 328 g/mol. The molecule has 1 saturated carbocycles. The van der Waals surface area contributed by atoms with Gasteiger partial charge in [-0.2, -0.15) is 0 Å². The van der Waals surface area contributed by atoms with Crippen molar-refractivity contribution >= 4 is 23.0 Å². The molecule has 0 aliphatic heterocycles. The fourth-order valence-corrected chi connectivity index (χ4v) is 3.36. The molecule has 0 heterocycles. The zero-order chi connectivity index (χ0) is 17.6. The van der Waals surface area contributed by atoms with Gasteiger partial charge >= 0.3 is 0 Å². The van der Waals surface area contributed by atoms with Gasteiger partial charge in [0.25, 0.3) is 0 Å². The lowest BCUT2D eigenvalue weighted by atomic mass is 10.1. The van der Waals surface area contributed by atoms with Crippen molar-refractivity contribution in [2.24, 2.45) is 5.92 Å². The normalized spacial score (nSPS) is 14.6. The first-order valence-corrected chi connectivity index (χ1v) is 9.42. The summed E-state index contributed by atoms with van der Waals surface area (Å²) in [6.45, 7) is 5.78. The lowest BCUT2D eigenvalue weighted by Gasteiger charge is -2.32. The van der Waals surface area contributed by atoms with Gasteiger partial charge < -0.3 is 15.0 Å². The standard InChI is InChI=1S/C21H26N2OS/c1-3-24-20-13-11-19(12-14-20)22-21(25)23(16(2)18-9-10-18)15-17-7-5-4-6-8-17/h4-8,11-14,16,18H,3,9-10,15H2,1-2H3,(H,22,25)/t16-/m1/s1. The van der Waals surface area contributed by atoms with Crippen LogP contribution in [0.3, 0.4) is 0 Å². The van der Waals surface area contributed by atoms with Gasteiger partial charge in [0.2, 0.25) is 0 Å². The summed E-state index contributed by atoms with van der Waals surface area (Å²) in [6.07, 6.45) is 2.61. The summed E-state index contributed by atoms with van der Waals surface area (Å²) in [6, 6.07) is 19.0. The first kappa shape index (κ1) is 17.7. The Kier molecular flexibility index (Phi) is 5.92. The summed E-state index contributed by atoms with van der Waals surface area (Å²) in [5.74, 6) is 1.63. The van der Waals surface area contributed by atoms with Crippen LogP contribution in [-0.4, -0.2) is 22.7 Å². The number of rotatable bonds is 7. The van der Waals surface area contributed by atoms with Crippen molar-refractivity contribution in [3.05, 3.63) is 60.2 Å². The second-order valence-corrected chi connectivity index (χ2v) is 6.97. The lowest BCUT2D eigenvalue weighted by Crippen LogP contribution is -2.41. The zero-order valence-electron chi connectivity index (χ0n) is 14.9. The van der Waals surface area contributed by atoms with Crippen LogP contribution < -0.4 is 10.1 Å². The Balaban J connectivity index is 1.69. The molecule has 1 fully saturated rings. The molecule has 3 rings (SSSR count). The highest BCUT2D eigenvalue weighted by Gasteiger charge is 2.33. The molecule has 1 atom stereocenters. The highest BCUT2D eigenvalue weighted by molar-refractivity contribution is 7.80. The van der Waals surface area contributed by atoms with Crippen molar-refractivity contribution < 1.29 is 4.74 Å². The predicted molar refractivity (Wildman–Crippen MR) is 108 cm³/mol. The second-order valence-electron chi connectivity index (χ2n) is 6.58. The van der Waals surface area contributed by atoms with Crippen molar-refractivity contribution in [3.63, 3.8) is 0 Å². The third-order valence-electron chi connectivity index (χ3n) is 4.67. The first-order chi connectivity index (χ1) is 12.2. The molecular formula is C21H26N2OS. The summed E-state index contributed by atoms with van der Waals surface area (Å²) in [5.41, 5.74) is 2.28. The van der Waals surface area contributed by atoms with Gasteiger partial charge in [0, 0.05) is 18.3 Å². The third-order valence-corrected chi connectivity index (χ3v) is 5.01. The molecule has 0 bridgehead atoms. The average molecular weight is 355 g/mol. The largest absolute Gasteiger partial charge is 0.494 e. The van der Waals surface area contributed by atoms with Crippen molar-refractivity contribution in [3.8, 4) is 5.75 Å². The van der Waals surface area contributed by atoms with Crippen LogP contribution in [0.15, 0.2) is 54.6 Å². The number of hydrogen-bond acceptors (Lipinski definition) is 2. The van der Waals surface area contributed by atoms with E-state index in [2.05, 4.69) is 47.5 Å². The number of benzene rings is 2. The molecule has 0 saturated heterocycles. The van der Waals surface area contributed by atoms with Gasteiger partial charge in [0.15, 0.2) is 5.11 Å². The number of thiocarbonyl (C=S) groups is 1. The molecule has 0 unspecified atom stereocenters. The van der Waals surface area contributed by atoms with Crippen LogP contribution in [0.1, 0.15) is 32.3 Å². The molecule has 1 aliphatic carbocycles. The highest BCUT2D eigenvalue weighted by Crippen LogP contribution is 2.36. The van der Waals surface area contributed by atoms with Crippen LogP contribution in [0.4, 0.5) is 5.69 Å². The Morgan fingerprint density at radius 2 is 1.84 bits per heavy atom. The van der Waals surface area contributed by atoms with Gasteiger partial charge in [0.05, 0.1) is 6.61 Å². The Morgan fingerprint density at radius 3 is 2.44 bits per heavy atom. The van der Waals surface area contributed by atoms with Crippen LogP contribution in [0.25, 0.3) is 0 Å². The van der Waals surface area contributed by atoms with Crippen LogP contribution >= 0.6 is 12.2 Å². The highest BCUT2D eigenvalue weighted by atomic mass is 32.1. The van der Waals surface area contributed by atoms with Crippen LogP contribution in [0.5, 0.6) is 5.75 Å². The van der Waals surface area contributed by atoms with Gasteiger partial charge in [-0.15, -0.1) is 0 Å². The Morgan fingerprint density at radius 1 is 1.16 bits per heavy atom. The van der Waals surface area contributed by atoms with E-state index >= 15 is 0 Å². The van der Waals surface area contributed by atoms with Gasteiger partial charge in [-0.05, 0) is 74.7 Å². The van der Waals surface area contributed by atoms with E-state index in [0.29, 0.717) is 12.6 Å². The van der Waals surface area contributed by atoms with Gasteiger partial charge in [-0.25, -0.2) is 0 Å². The average Bonchev–Trinajstić information content (AvgIpc) is 3.47. The fourth-order valence-electron chi connectivity index (χ4n) is 3.01. The Hall–Kier alpha value is -2.07. The zero-order valence-corrected chi connectivity index (χ0v) is 15.8. The molecule has 2 aromatic rings. The van der Waals surface area contributed by atoms with Crippen LogP contribution in [-0.2, 0) is 6.54 Å². The molecule has 0 aromatic heterocycles. The van der Waals surface area contributed by atoms with E-state index in [9.17, 15) is 0 Å². The van der Waals surface area contributed by atoms with E-state index in [4.69, 9.17) is 17.0 Å². The Bertz CT molecular complexity index is 683. The number of ether oxygens (including phenoxy) is 1. The van der Waals surface area contributed by atoms with E-state index in [1.807, 2.05) is 31.2 Å². The predicted octanol–water partition coefficient (Wildman–Crippen LogP) is 5.08. The number of hydrogen-bond donors (Lipinski definition) is 1. The van der Waals surface area contributed by atoms with Crippen LogP contribution in [0.2, 0.25) is 0 Å². The molecule has 0 amide bonds. The number of nitrogens with one attached hydrogen (secondary N) is 1. The van der Waals surface area contributed by atoms with Gasteiger partial charge in [0.1, 0.15) is 5.75 Å². The van der Waals surface area contributed by atoms with Crippen molar-refractivity contribution in [2.75, 3.05) is 11.9 Å². The molecule has 1 aliphatic rings. The van der Waals surface area contributed by atoms with E-state index in [-0.39, 0.29) is 0 Å². The van der Waals surface area contributed by atoms with Gasteiger partial charge in [-0.3, -0.25) is 0 Å². The van der Waals surface area contributed by atoms with E-state index in [1.54, 1.807) is 0 Å². The summed E-state index contributed by atoms with van der Waals surface area (Å²) in [7, 11) is 0. The minimum absolute atomic E-state index is 0.447. The quantitative estimate of drug-likeness (QED) is 0.701. The minimum Gasteiger partial charge on any atom is -0.494 e. The maximum absolute atomic E-state index is 5.75. The van der Waals surface area contributed by atoms with Crippen molar-refractivity contribution in [1.82, 2.24) is 4.90 Å². The molecule has 0 spiro atoms. The number of anilines is 1. The van der Waals surface area contributed by atoms with Crippen molar-refractivity contribution in [2.45, 2.75) is 39.3 Å². The monoisotopic (exact) mass is 354 g/mol. The van der Waals surface area contributed by atoms with Gasteiger partial charge in [-0.1, -0.05) is 30.3 Å². The maximum atomic E-state index is 5.75. The Labute approximate surface area is 156 Å². The molecule has 132 valence electrons. The number of nitrogens with zero attached hydrogens (tertiary/aromatic N) is 1. The molecule has 0 radical (unpaired) electrons. The minimum atomic E-state index is 0.447. The van der Waals surface area contributed by atoms with E-state index in [1.165, 1.54) is 18.4 Å². The third kappa shape index (κ3) is 4.95. The molecule has 3 nitrogen and oxygen atoms in total. The maximum Gasteiger partial charge on any atom is 0.173 e. The van der Waals surface area contributed by atoms with E-state index in [0.717, 1.165) is 29.0 Å². The smallest absolute Gasteiger partial charge is 0.173 e. The first-order valence-electron chi connectivity index (χ1n) is 9.01. The summed E-state index contributed by atoms with van der Waals surface area (Å²) < 4.78 is 5.50. The SMILES string of the molecule is CCOc1ccc(NC(=S)N(Cc2ccccc2)[C@H](C)C2CC2)cc1. The summed E-state index contributed by atoms with van der Waals surface area (Å²) >= 11 is 5.75. The van der Waals surface area contributed by atoms with E-state index < -0.39 is 0 Å². The molecule has 1 N–H and O–H groups in total. The molecule has 25 heavy (non-hydrogen) atoms. The lowest BCUT2D eigenvalue weighted by molar-refractivity contribution is 0.298. The fraction of sp³-hybridized carbons (Fsp3) is 0.381. The summed E-state index contributed by atoms with van der Waals surface area (Å²) in [5, 5.41) is 4.18. The second kappa shape index (κ2) is 8.34. The van der Waals surface area contributed by atoms with Crippen LogP contribution in [0, 0.1) is 5.92 Å². The molecule has 2 aromatic carbocycles. The van der Waals surface area contributed by atoms with Crippen molar-refractivity contribution in [1.29, 1.82) is 0 Å². The molecule has 4 heteroatoms.